The van der Waals surface area contributed by atoms with E-state index in [-0.39, 0.29) is 12.5 Å². The average molecular weight is 553 g/mol. The van der Waals surface area contributed by atoms with Crippen molar-refractivity contribution in [1.29, 1.82) is 0 Å². The van der Waals surface area contributed by atoms with Gasteiger partial charge in [0.15, 0.2) is 0 Å². The first-order chi connectivity index (χ1) is 19.4. The van der Waals surface area contributed by atoms with E-state index in [9.17, 15) is 13.2 Å². The second-order valence-electron chi connectivity index (χ2n) is 12.0. The highest BCUT2D eigenvalue weighted by Gasteiger charge is 2.36. The summed E-state index contributed by atoms with van der Waals surface area (Å²) in [4.78, 5) is 0. The zero-order chi connectivity index (χ0) is 28.4. The highest BCUT2D eigenvalue weighted by molar-refractivity contribution is 5.29. The van der Waals surface area contributed by atoms with Crippen LogP contribution in [0.1, 0.15) is 118 Å². The fraction of sp³-hybridized carbons (Fsp3) is 0.556. The molecule has 0 atom stereocenters. The predicted molar refractivity (Wildman–Crippen MR) is 159 cm³/mol. The van der Waals surface area contributed by atoms with Gasteiger partial charge in [0.2, 0.25) is 0 Å². The van der Waals surface area contributed by atoms with Crippen LogP contribution in [0.4, 0.5) is 13.2 Å². The first-order valence-corrected chi connectivity index (χ1v) is 15.5. The Hall–Kier alpha value is -2.33. The molecule has 0 aromatic heterocycles. The lowest BCUT2D eigenvalue weighted by Gasteiger charge is -2.29. The number of halogens is 3. The number of benzene rings is 2. The maximum Gasteiger partial charge on any atom is 0.386 e. The molecule has 2 aromatic rings. The summed E-state index contributed by atoms with van der Waals surface area (Å²) < 4.78 is 49.5. The summed E-state index contributed by atoms with van der Waals surface area (Å²) in [6.07, 6.45) is 16.8. The van der Waals surface area contributed by atoms with E-state index in [4.69, 9.17) is 4.74 Å². The van der Waals surface area contributed by atoms with Crippen LogP contribution < -0.4 is 0 Å². The number of hydrogen-bond acceptors (Lipinski definition) is 1. The minimum absolute atomic E-state index is 0.167. The summed E-state index contributed by atoms with van der Waals surface area (Å²) in [5.41, 5.74) is 2.45. The summed E-state index contributed by atoms with van der Waals surface area (Å²) in [5.74, 6) is 1.47. The maximum atomic E-state index is 14.9. The molecule has 2 saturated carbocycles. The van der Waals surface area contributed by atoms with Crippen LogP contribution >= 0.6 is 0 Å². The Bertz CT molecular complexity index is 1070. The summed E-state index contributed by atoms with van der Waals surface area (Å²) in [5, 5.41) is 0. The molecule has 0 bridgehead atoms. The number of rotatable bonds is 13. The van der Waals surface area contributed by atoms with Crippen LogP contribution in [-0.2, 0) is 17.3 Å². The van der Waals surface area contributed by atoms with Gasteiger partial charge in [-0.2, -0.15) is 8.78 Å². The van der Waals surface area contributed by atoms with Crippen molar-refractivity contribution in [3.63, 3.8) is 0 Å². The van der Waals surface area contributed by atoms with Gasteiger partial charge in [-0.3, -0.25) is 0 Å². The Balaban J connectivity index is 1.23. The molecule has 0 N–H and O–H groups in total. The van der Waals surface area contributed by atoms with Crippen molar-refractivity contribution in [3.05, 3.63) is 95.3 Å². The molecule has 0 unspecified atom stereocenters. The van der Waals surface area contributed by atoms with Crippen LogP contribution in [0, 0.1) is 17.7 Å². The molecule has 0 spiro atoms. The summed E-state index contributed by atoms with van der Waals surface area (Å²) in [6, 6.07) is 12.5. The summed E-state index contributed by atoms with van der Waals surface area (Å²) in [6.45, 7) is 5.70. The summed E-state index contributed by atoms with van der Waals surface area (Å²) >= 11 is 0. The SMILES string of the molecule is C=CCCC1CCC(c2ccc(CCOC(F)(F)c3ccc(C4CCC(CC/C=C/C)CC4)cc3F)cc2)CC1. The van der Waals surface area contributed by atoms with Crippen LogP contribution in [0.5, 0.6) is 0 Å². The van der Waals surface area contributed by atoms with Gasteiger partial charge in [-0.15, -0.1) is 6.58 Å². The fourth-order valence-electron chi connectivity index (χ4n) is 6.77. The molecule has 4 heteroatoms. The lowest BCUT2D eigenvalue weighted by atomic mass is 9.77. The van der Waals surface area contributed by atoms with Crippen LogP contribution in [0.25, 0.3) is 0 Å². The van der Waals surface area contributed by atoms with Crippen LogP contribution in [0.3, 0.4) is 0 Å². The molecule has 0 aliphatic heterocycles. The molecule has 2 aliphatic carbocycles. The molecule has 1 nitrogen and oxygen atoms in total. The molecule has 40 heavy (non-hydrogen) atoms. The number of allylic oxidation sites excluding steroid dienone is 3. The third kappa shape index (κ3) is 8.59. The highest BCUT2D eigenvalue weighted by Crippen LogP contribution is 2.40. The molecule has 0 saturated heterocycles. The topological polar surface area (TPSA) is 9.23 Å². The molecular weight excluding hydrogens is 505 g/mol. The lowest BCUT2D eigenvalue weighted by molar-refractivity contribution is -0.249. The Morgan fingerprint density at radius 3 is 1.98 bits per heavy atom. The minimum Gasteiger partial charge on any atom is -0.316 e. The largest absolute Gasteiger partial charge is 0.386 e. The maximum absolute atomic E-state index is 14.9. The van der Waals surface area contributed by atoms with Gasteiger partial charge >= 0.3 is 6.11 Å². The Kier molecular flexibility index (Phi) is 11.5. The van der Waals surface area contributed by atoms with E-state index in [2.05, 4.69) is 30.9 Å². The van der Waals surface area contributed by atoms with E-state index in [0.29, 0.717) is 18.3 Å². The minimum atomic E-state index is -3.66. The lowest BCUT2D eigenvalue weighted by Crippen LogP contribution is -2.22. The number of hydrogen-bond donors (Lipinski definition) is 0. The van der Waals surface area contributed by atoms with Crippen molar-refractivity contribution in [3.8, 4) is 0 Å². The van der Waals surface area contributed by atoms with Gasteiger partial charge in [0.25, 0.3) is 0 Å². The predicted octanol–water partition coefficient (Wildman–Crippen LogP) is 11.0. The van der Waals surface area contributed by atoms with Crippen molar-refractivity contribution in [2.24, 2.45) is 11.8 Å². The van der Waals surface area contributed by atoms with Gasteiger partial charge in [-0.1, -0.05) is 48.6 Å². The van der Waals surface area contributed by atoms with Crippen molar-refractivity contribution in [2.45, 2.75) is 108 Å². The zero-order valence-electron chi connectivity index (χ0n) is 24.2. The fourth-order valence-corrected chi connectivity index (χ4v) is 6.77. The average Bonchev–Trinajstić information content (AvgIpc) is 2.97. The molecule has 218 valence electrons. The first kappa shape index (κ1) is 30.6. The van der Waals surface area contributed by atoms with Gasteiger partial charge in [0.05, 0.1) is 12.2 Å². The van der Waals surface area contributed by atoms with Gasteiger partial charge in [0.1, 0.15) is 5.82 Å². The normalized spacial score (nSPS) is 23.9. The smallest absolute Gasteiger partial charge is 0.316 e. The van der Waals surface area contributed by atoms with Gasteiger partial charge < -0.3 is 4.74 Å². The standard InChI is InChI=1S/C36H47F3O/c1-3-5-7-9-28-12-20-32(21-13-28)33-22-23-34(35(37)26-33)36(38,39)40-25-24-29-14-18-31(19-15-29)30-16-10-27(11-17-30)8-6-4-2/h3-5,14-15,18-19,22-23,26-28,30,32H,2,6-13,16-17,20-21,24-25H2,1H3/b5-3+. The van der Waals surface area contributed by atoms with E-state index in [1.165, 1.54) is 56.2 Å². The molecule has 4 rings (SSSR count). The van der Waals surface area contributed by atoms with E-state index < -0.39 is 17.5 Å². The van der Waals surface area contributed by atoms with E-state index >= 15 is 0 Å². The van der Waals surface area contributed by atoms with Crippen LogP contribution in [0.2, 0.25) is 0 Å². The Morgan fingerprint density at radius 1 is 0.825 bits per heavy atom. The Morgan fingerprint density at radius 2 is 1.40 bits per heavy atom. The molecule has 0 amide bonds. The molecular formula is C36H47F3O. The number of ether oxygens (including phenoxy) is 1. The van der Waals surface area contributed by atoms with Crippen molar-refractivity contribution in [2.75, 3.05) is 6.61 Å². The van der Waals surface area contributed by atoms with Gasteiger partial charge in [-0.05, 0) is 143 Å². The Labute approximate surface area is 239 Å². The van der Waals surface area contributed by atoms with E-state index in [1.54, 1.807) is 6.07 Å². The highest BCUT2D eigenvalue weighted by atomic mass is 19.3. The van der Waals surface area contributed by atoms with E-state index in [1.807, 2.05) is 25.1 Å². The van der Waals surface area contributed by atoms with Crippen molar-refractivity contribution < 1.29 is 17.9 Å². The van der Waals surface area contributed by atoms with Gasteiger partial charge in [-0.25, -0.2) is 4.39 Å². The third-order valence-electron chi connectivity index (χ3n) is 9.35. The monoisotopic (exact) mass is 552 g/mol. The summed E-state index contributed by atoms with van der Waals surface area (Å²) in [7, 11) is 0. The quantitative estimate of drug-likeness (QED) is 0.225. The zero-order valence-corrected chi connectivity index (χ0v) is 24.2. The van der Waals surface area contributed by atoms with Crippen LogP contribution in [0.15, 0.2) is 67.3 Å². The van der Waals surface area contributed by atoms with Crippen molar-refractivity contribution >= 4 is 0 Å². The second kappa shape index (κ2) is 15.1. The molecule has 0 heterocycles. The van der Waals surface area contributed by atoms with Gasteiger partial charge in [0, 0.05) is 0 Å². The van der Waals surface area contributed by atoms with Crippen molar-refractivity contribution in [1.82, 2.24) is 0 Å². The third-order valence-corrected chi connectivity index (χ3v) is 9.35. The first-order valence-electron chi connectivity index (χ1n) is 15.5. The molecule has 2 fully saturated rings. The number of alkyl halides is 2. The molecule has 0 radical (unpaired) electrons. The molecule has 2 aromatic carbocycles. The van der Waals surface area contributed by atoms with E-state index in [0.717, 1.165) is 55.6 Å². The second-order valence-corrected chi connectivity index (χ2v) is 12.0. The molecule has 2 aliphatic rings. The van der Waals surface area contributed by atoms with Crippen LogP contribution in [-0.4, -0.2) is 6.61 Å².